The molecule has 1 atom stereocenters. The Kier molecular flexibility index (Phi) is 4.58. The first kappa shape index (κ1) is 13.6. The number of aromatic nitrogens is 2. The molecule has 0 aliphatic rings. The van der Waals surface area contributed by atoms with E-state index < -0.39 is 6.10 Å². The third-order valence-electron chi connectivity index (χ3n) is 2.89. The van der Waals surface area contributed by atoms with Crippen LogP contribution in [0.15, 0.2) is 36.5 Å². The van der Waals surface area contributed by atoms with E-state index in [0.29, 0.717) is 6.54 Å². The van der Waals surface area contributed by atoms with Crippen LogP contribution >= 0.6 is 0 Å². The van der Waals surface area contributed by atoms with Crippen LogP contribution in [-0.2, 0) is 13.0 Å². The maximum Gasteiger partial charge on any atom is 0.119 e. The molecule has 19 heavy (non-hydrogen) atoms. The standard InChI is InChI=1S/C15H20N2O2/c1-3-15-16-12(2)9-17(15)10-13(18)11-19-14-7-5-4-6-8-14/h4-9,13,18H,3,10-11H2,1-2H3. The minimum atomic E-state index is -0.542. The smallest absolute Gasteiger partial charge is 0.119 e. The molecule has 1 unspecified atom stereocenters. The number of hydrogen-bond acceptors (Lipinski definition) is 3. The molecule has 0 bridgehead atoms. The summed E-state index contributed by atoms with van der Waals surface area (Å²) < 4.78 is 7.53. The average molecular weight is 260 g/mol. The molecule has 1 heterocycles. The van der Waals surface area contributed by atoms with Crippen molar-refractivity contribution in [1.82, 2.24) is 9.55 Å². The average Bonchev–Trinajstić information content (AvgIpc) is 2.77. The molecule has 2 rings (SSSR count). The molecule has 0 radical (unpaired) electrons. The summed E-state index contributed by atoms with van der Waals surface area (Å²) >= 11 is 0. The van der Waals surface area contributed by atoms with E-state index in [4.69, 9.17) is 4.74 Å². The molecule has 0 saturated carbocycles. The number of aryl methyl sites for hydroxylation is 2. The van der Waals surface area contributed by atoms with Gasteiger partial charge in [-0.3, -0.25) is 0 Å². The zero-order valence-corrected chi connectivity index (χ0v) is 11.4. The van der Waals surface area contributed by atoms with Crippen LogP contribution in [0, 0.1) is 6.92 Å². The topological polar surface area (TPSA) is 47.3 Å². The summed E-state index contributed by atoms with van der Waals surface area (Å²) in [6.45, 7) is 4.81. The van der Waals surface area contributed by atoms with Gasteiger partial charge in [0.2, 0.25) is 0 Å². The van der Waals surface area contributed by atoms with Gasteiger partial charge in [-0.05, 0) is 19.1 Å². The van der Waals surface area contributed by atoms with Crippen molar-refractivity contribution < 1.29 is 9.84 Å². The van der Waals surface area contributed by atoms with Gasteiger partial charge in [0.25, 0.3) is 0 Å². The maximum atomic E-state index is 10.0. The number of imidazole rings is 1. The number of aliphatic hydroxyl groups is 1. The van der Waals surface area contributed by atoms with Crippen LogP contribution in [0.2, 0.25) is 0 Å². The first-order valence-corrected chi connectivity index (χ1v) is 6.57. The van der Waals surface area contributed by atoms with Gasteiger partial charge in [-0.1, -0.05) is 25.1 Å². The van der Waals surface area contributed by atoms with Gasteiger partial charge in [0.05, 0.1) is 12.2 Å². The Morgan fingerprint density at radius 1 is 1.32 bits per heavy atom. The summed E-state index contributed by atoms with van der Waals surface area (Å²) in [5.41, 5.74) is 0.980. The van der Waals surface area contributed by atoms with Gasteiger partial charge >= 0.3 is 0 Å². The van der Waals surface area contributed by atoms with Gasteiger partial charge in [-0.2, -0.15) is 0 Å². The molecule has 0 spiro atoms. The number of para-hydroxylation sites is 1. The number of hydrogen-bond donors (Lipinski definition) is 1. The quantitative estimate of drug-likeness (QED) is 0.866. The van der Waals surface area contributed by atoms with E-state index in [-0.39, 0.29) is 6.61 Å². The molecular weight excluding hydrogens is 240 g/mol. The summed E-state index contributed by atoms with van der Waals surface area (Å²) in [5.74, 6) is 1.77. The second-order valence-electron chi connectivity index (χ2n) is 4.58. The SMILES string of the molecule is CCc1nc(C)cn1CC(O)COc1ccccc1. The van der Waals surface area contributed by atoms with Crippen molar-refractivity contribution in [3.05, 3.63) is 48.0 Å². The predicted molar refractivity (Wildman–Crippen MR) is 74.3 cm³/mol. The molecule has 0 fully saturated rings. The fourth-order valence-electron chi connectivity index (χ4n) is 2.03. The molecule has 1 aromatic heterocycles. The Labute approximate surface area is 113 Å². The third-order valence-corrected chi connectivity index (χ3v) is 2.89. The summed E-state index contributed by atoms with van der Waals surface area (Å²) in [6.07, 6.45) is 2.28. The Balaban J connectivity index is 1.88. The first-order valence-electron chi connectivity index (χ1n) is 6.57. The molecule has 1 N–H and O–H groups in total. The van der Waals surface area contributed by atoms with Gasteiger partial charge in [0, 0.05) is 12.6 Å². The van der Waals surface area contributed by atoms with Crippen molar-refractivity contribution in [3.63, 3.8) is 0 Å². The van der Waals surface area contributed by atoms with E-state index in [1.54, 1.807) is 0 Å². The normalized spacial score (nSPS) is 12.4. The predicted octanol–water partition coefficient (Wildman–Crippen LogP) is 2.19. The van der Waals surface area contributed by atoms with Gasteiger partial charge in [-0.15, -0.1) is 0 Å². The fraction of sp³-hybridized carbons (Fsp3) is 0.400. The van der Waals surface area contributed by atoms with Crippen molar-refractivity contribution in [2.75, 3.05) is 6.61 Å². The van der Waals surface area contributed by atoms with Crippen LogP contribution in [0.3, 0.4) is 0 Å². The summed E-state index contributed by atoms with van der Waals surface area (Å²) in [7, 11) is 0. The molecule has 102 valence electrons. The lowest BCUT2D eigenvalue weighted by Crippen LogP contribution is -2.24. The van der Waals surface area contributed by atoms with E-state index in [2.05, 4.69) is 11.9 Å². The number of rotatable bonds is 6. The van der Waals surface area contributed by atoms with Gasteiger partial charge in [0.15, 0.2) is 0 Å². The van der Waals surface area contributed by atoms with Gasteiger partial charge < -0.3 is 14.4 Å². The Morgan fingerprint density at radius 2 is 2.05 bits per heavy atom. The van der Waals surface area contributed by atoms with Crippen LogP contribution in [0.5, 0.6) is 5.75 Å². The second kappa shape index (κ2) is 6.38. The minimum absolute atomic E-state index is 0.282. The van der Waals surface area contributed by atoms with E-state index in [1.165, 1.54) is 0 Å². The highest BCUT2D eigenvalue weighted by Gasteiger charge is 2.10. The van der Waals surface area contributed by atoms with E-state index in [9.17, 15) is 5.11 Å². The fourth-order valence-corrected chi connectivity index (χ4v) is 2.03. The molecule has 0 saturated heterocycles. The molecule has 4 nitrogen and oxygen atoms in total. The highest BCUT2D eigenvalue weighted by Crippen LogP contribution is 2.10. The molecule has 0 aliphatic heterocycles. The number of aliphatic hydroxyl groups excluding tert-OH is 1. The highest BCUT2D eigenvalue weighted by molar-refractivity contribution is 5.20. The van der Waals surface area contributed by atoms with Crippen molar-refractivity contribution in [2.45, 2.75) is 32.9 Å². The first-order chi connectivity index (χ1) is 9.19. The molecule has 0 aliphatic carbocycles. The van der Waals surface area contributed by atoms with Crippen molar-refractivity contribution in [3.8, 4) is 5.75 Å². The van der Waals surface area contributed by atoms with Crippen molar-refractivity contribution in [1.29, 1.82) is 0 Å². The molecule has 0 amide bonds. The Bertz CT molecular complexity index is 508. The lowest BCUT2D eigenvalue weighted by atomic mass is 10.3. The second-order valence-corrected chi connectivity index (χ2v) is 4.58. The summed E-state index contributed by atoms with van der Waals surface area (Å²) in [6, 6.07) is 9.52. The minimum Gasteiger partial charge on any atom is -0.491 e. The van der Waals surface area contributed by atoms with Crippen LogP contribution in [0.4, 0.5) is 0 Å². The third kappa shape index (κ3) is 3.83. The van der Waals surface area contributed by atoms with Crippen LogP contribution in [0.1, 0.15) is 18.4 Å². The number of ether oxygens (including phenoxy) is 1. The Hall–Kier alpha value is -1.81. The van der Waals surface area contributed by atoms with Crippen molar-refractivity contribution in [2.24, 2.45) is 0 Å². The van der Waals surface area contributed by atoms with Crippen LogP contribution < -0.4 is 4.74 Å². The lowest BCUT2D eigenvalue weighted by molar-refractivity contribution is 0.0917. The molecule has 4 heteroatoms. The van der Waals surface area contributed by atoms with Crippen LogP contribution in [-0.4, -0.2) is 27.4 Å². The lowest BCUT2D eigenvalue weighted by Gasteiger charge is -2.14. The molecule has 2 aromatic rings. The van der Waals surface area contributed by atoms with Crippen LogP contribution in [0.25, 0.3) is 0 Å². The van der Waals surface area contributed by atoms with Crippen molar-refractivity contribution >= 4 is 0 Å². The largest absolute Gasteiger partial charge is 0.491 e. The van der Waals surface area contributed by atoms with Gasteiger partial charge in [0.1, 0.15) is 24.3 Å². The van der Waals surface area contributed by atoms with Gasteiger partial charge in [-0.25, -0.2) is 4.98 Å². The van der Waals surface area contributed by atoms with E-state index >= 15 is 0 Å². The highest BCUT2D eigenvalue weighted by atomic mass is 16.5. The maximum absolute atomic E-state index is 10.0. The number of benzene rings is 1. The van der Waals surface area contributed by atoms with E-state index in [1.807, 2.05) is 48.0 Å². The molecule has 1 aromatic carbocycles. The summed E-state index contributed by atoms with van der Waals surface area (Å²) in [4.78, 5) is 4.41. The number of nitrogens with zero attached hydrogens (tertiary/aromatic N) is 2. The summed E-state index contributed by atoms with van der Waals surface area (Å²) in [5, 5.41) is 10.0. The molecular formula is C15H20N2O2. The zero-order chi connectivity index (χ0) is 13.7. The zero-order valence-electron chi connectivity index (χ0n) is 11.4. The van der Waals surface area contributed by atoms with E-state index in [0.717, 1.165) is 23.7 Å². The monoisotopic (exact) mass is 260 g/mol. The Morgan fingerprint density at radius 3 is 2.74 bits per heavy atom.